The standard InChI is InChI=1S/C12H15N3O4S.C11H19N3O3S/c1-12(2,11(16)19-3)15-9-7-13-6-5-8(9)10(14-15)20(4,17)18;1-11(2,7-15)14-9-6-12-5-4-8(9)10(13-14)18(3,16)17/h5-7H,1-4H3;12,15H,4-7H2,1-3H3. The average molecular weight is 571 g/mol. The molecule has 1 aliphatic rings. The minimum absolute atomic E-state index is 0.0770. The minimum atomic E-state index is -3.51. The zero-order valence-corrected chi connectivity index (χ0v) is 24.1. The Labute approximate surface area is 222 Å². The van der Waals surface area contributed by atoms with Crippen molar-refractivity contribution in [3.05, 3.63) is 29.7 Å². The van der Waals surface area contributed by atoms with E-state index >= 15 is 0 Å². The number of aromatic nitrogens is 5. The third kappa shape index (κ3) is 5.60. The van der Waals surface area contributed by atoms with E-state index < -0.39 is 36.7 Å². The zero-order valence-electron chi connectivity index (χ0n) is 22.5. The fraction of sp³-hybridized carbons (Fsp3) is 0.565. The van der Waals surface area contributed by atoms with Crippen LogP contribution in [0, 0.1) is 0 Å². The molecule has 0 unspecified atom stereocenters. The summed E-state index contributed by atoms with van der Waals surface area (Å²) in [5.41, 5.74) is 0.368. The molecule has 0 aromatic carbocycles. The number of nitrogens with one attached hydrogen (secondary N) is 1. The van der Waals surface area contributed by atoms with Gasteiger partial charge in [0.25, 0.3) is 0 Å². The number of aliphatic hydroxyl groups excluding tert-OH is 1. The van der Waals surface area contributed by atoms with Crippen LogP contribution in [-0.4, -0.2) is 85.2 Å². The van der Waals surface area contributed by atoms with E-state index in [2.05, 4.69) is 20.5 Å². The molecule has 3 aromatic rings. The molecule has 0 aliphatic carbocycles. The number of ether oxygens (including phenoxy) is 1. The second-order valence-corrected chi connectivity index (χ2v) is 14.1. The topological polar surface area (TPSA) is 175 Å². The summed E-state index contributed by atoms with van der Waals surface area (Å²) in [6, 6.07) is 1.56. The highest BCUT2D eigenvalue weighted by atomic mass is 32.2. The molecule has 0 spiro atoms. The van der Waals surface area contributed by atoms with Crippen LogP contribution in [0.4, 0.5) is 0 Å². The van der Waals surface area contributed by atoms with Crippen molar-refractivity contribution < 1.29 is 31.5 Å². The van der Waals surface area contributed by atoms with Gasteiger partial charge < -0.3 is 15.2 Å². The maximum atomic E-state index is 11.9. The first kappa shape index (κ1) is 29.7. The van der Waals surface area contributed by atoms with E-state index in [0.29, 0.717) is 23.9 Å². The maximum absolute atomic E-state index is 11.9. The van der Waals surface area contributed by atoms with E-state index in [1.54, 1.807) is 24.6 Å². The molecule has 4 heterocycles. The van der Waals surface area contributed by atoms with E-state index in [4.69, 9.17) is 4.74 Å². The molecule has 210 valence electrons. The number of hydrogen-bond acceptors (Lipinski definition) is 11. The fourth-order valence-electron chi connectivity index (χ4n) is 4.15. The van der Waals surface area contributed by atoms with Crippen LogP contribution in [0.5, 0.6) is 0 Å². The van der Waals surface area contributed by atoms with Crippen LogP contribution in [-0.2, 0) is 53.2 Å². The molecule has 0 fully saturated rings. The monoisotopic (exact) mass is 570 g/mol. The third-order valence-electron chi connectivity index (χ3n) is 6.22. The van der Waals surface area contributed by atoms with Gasteiger partial charge in [0.05, 0.1) is 36.7 Å². The van der Waals surface area contributed by atoms with E-state index in [9.17, 15) is 26.7 Å². The minimum Gasteiger partial charge on any atom is -0.467 e. The Morgan fingerprint density at radius 2 is 1.68 bits per heavy atom. The SMILES string of the molecule is CC(C)(CO)n1nc(S(C)(=O)=O)c2c1CNCC2.COC(=O)C(C)(C)n1nc(S(C)(=O)=O)c2ccncc21. The Bertz CT molecular complexity index is 1570. The Hall–Kier alpha value is -2.88. The number of nitrogens with zero attached hydrogens (tertiary/aromatic N) is 5. The van der Waals surface area contributed by atoms with Crippen molar-refractivity contribution in [2.24, 2.45) is 0 Å². The van der Waals surface area contributed by atoms with Crippen molar-refractivity contribution in [2.45, 2.75) is 61.8 Å². The van der Waals surface area contributed by atoms with Gasteiger partial charge in [0.15, 0.2) is 35.3 Å². The van der Waals surface area contributed by atoms with Crippen LogP contribution >= 0.6 is 0 Å². The summed E-state index contributed by atoms with van der Waals surface area (Å²) in [5, 5.41) is 21.5. The number of methoxy groups -OCH3 is 1. The van der Waals surface area contributed by atoms with Crippen LogP contribution in [0.1, 0.15) is 39.0 Å². The lowest BCUT2D eigenvalue weighted by molar-refractivity contribution is -0.149. The van der Waals surface area contributed by atoms with Gasteiger partial charge in [0.1, 0.15) is 0 Å². The van der Waals surface area contributed by atoms with Gasteiger partial charge in [-0.25, -0.2) is 26.3 Å². The molecule has 15 heteroatoms. The number of pyridine rings is 1. The molecule has 4 rings (SSSR count). The number of fused-ring (bicyclic) bond motifs is 2. The highest BCUT2D eigenvalue weighted by molar-refractivity contribution is 7.91. The highest BCUT2D eigenvalue weighted by Crippen LogP contribution is 2.28. The van der Waals surface area contributed by atoms with E-state index in [1.165, 1.54) is 30.4 Å². The predicted molar refractivity (Wildman–Crippen MR) is 139 cm³/mol. The van der Waals surface area contributed by atoms with Gasteiger partial charge in [-0.1, -0.05) is 0 Å². The number of carbonyl (C=O) groups excluding carboxylic acids is 1. The van der Waals surface area contributed by atoms with Crippen LogP contribution in [0.2, 0.25) is 0 Å². The first-order valence-electron chi connectivity index (χ1n) is 11.7. The summed E-state index contributed by atoms with van der Waals surface area (Å²) < 4.78 is 54.9. The summed E-state index contributed by atoms with van der Waals surface area (Å²) in [6.45, 7) is 8.11. The second-order valence-electron chi connectivity index (χ2n) is 10.2. The zero-order chi connectivity index (χ0) is 28.7. The second kappa shape index (κ2) is 10.4. The van der Waals surface area contributed by atoms with Crippen LogP contribution < -0.4 is 5.32 Å². The van der Waals surface area contributed by atoms with Gasteiger partial charge in [-0.05, 0) is 46.7 Å². The molecule has 0 bridgehead atoms. The molecule has 0 amide bonds. The number of sulfone groups is 2. The van der Waals surface area contributed by atoms with Gasteiger partial charge >= 0.3 is 5.97 Å². The lowest BCUT2D eigenvalue weighted by Gasteiger charge is -2.26. The number of esters is 1. The molecule has 1 aliphatic heterocycles. The summed E-state index contributed by atoms with van der Waals surface area (Å²) in [5.74, 6) is -0.522. The third-order valence-corrected chi connectivity index (χ3v) is 8.26. The average Bonchev–Trinajstić information content (AvgIpc) is 3.44. The van der Waals surface area contributed by atoms with Crippen LogP contribution in [0.25, 0.3) is 10.9 Å². The lowest BCUT2D eigenvalue weighted by atomic mass is 10.0. The van der Waals surface area contributed by atoms with E-state index in [1.807, 2.05) is 13.8 Å². The van der Waals surface area contributed by atoms with Crippen molar-refractivity contribution in [1.82, 2.24) is 29.9 Å². The summed E-state index contributed by atoms with van der Waals surface area (Å²) >= 11 is 0. The molecular formula is C23H34N6O7S2. The van der Waals surface area contributed by atoms with Crippen LogP contribution in [0.3, 0.4) is 0 Å². The Morgan fingerprint density at radius 3 is 2.24 bits per heavy atom. The quantitative estimate of drug-likeness (QED) is 0.392. The molecule has 2 N–H and O–H groups in total. The molecule has 38 heavy (non-hydrogen) atoms. The van der Waals surface area contributed by atoms with E-state index in [0.717, 1.165) is 24.1 Å². The van der Waals surface area contributed by atoms with Gasteiger partial charge in [0, 0.05) is 36.2 Å². The van der Waals surface area contributed by atoms with Crippen molar-refractivity contribution in [3.63, 3.8) is 0 Å². The first-order chi connectivity index (χ1) is 17.5. The Morgan fingerprint density at radius 1 is 1.08 bits per heavy atom. The number of hydrogen-bond donors (Lipinski definition) is 2. The van der Waals surface area contributed by atoms with Crippen molar-refractivity contribution in [1.29, 1.82) is 0 Å². The Balaban J connectivity index is 0.000000212. The van der Waals surface area contributed by atoms with Gasteiger partial charge in [-0.2, -0.15) is 10.2 Å². The largest absolute Gasteiger partial charge is 0.467 e. The molecular weight excluding hydrogens is 536 g/mol. The maximum Gasteiger partial charge on any atom is 0.333 e. The summed E-state index contributed by atoms with van der Waals surface area (Å²) in [4.78, 5) is 15.8. The molecule has 3 aromatic heterocycles. The van der Waals surface area contributed by atoms with Crippen molar-refractivity contribution in [3.8, 4) is 0 Å². The molecule has 0 radical (unpaired) electrons. The van der Waals surface area contributed by atoms with Crippen LogP contribution in [0.15, 0.2) is 28.5 Å². The number of carbonyl (C=O) groups is 1. The predicted octanol–water partition coefficient (Wildman–Crippen LogP) is 0.403. The Kier molecular flexibility index (Phi) is 8.09. The van der Waals surface area contributed by atoms with Gasteiger partial charge in [-0.3, -0.25) is 9.67 Å². The van der Waals surface area contributed by atoms with Gasteiger partial charge in [0.2, 0.25) is 0 Å². The van der Waals surface area contributed by atoms with E-state index in [-0.39, 0.29) is 16.7 Å². The molecule has 0 saturated heterocycles. The van der Waals surface area contributed by atoms with Crippen molar-refractivity contribution >= 4 is 36.5 Å². The molecule has 0 saturated carbocycles. The molecule has 0 atom stereocenters. The summed E-state index contributed by atoms with van der Waals surface area (Å²) in [7, 11) is -5.58. The normalized spacial score (nSPS) is 14.5. The number of aliphatic hydroxyl groups is 1. The fourth-order valence-corrected chi connectivity index (χ4v) is 5.85. The lowest BCUT2D eigenvalue weighted by Crippen LogP contribution is -2.37. The first-order valence-corrected chi connectivity index (χ1v) is 15.5. The van der Waals surface area contributed by atoms with Gasteiger partial charge in [-0.15, -0.1) is 0 Å². The highest BCUT2D eigenvalue weighted by Gasteiger charge is 2.35. The molecule has 13 nitrogen and oxygen atoms in total. The smallest absolute Gasteiger partial charge is 0.333 e. The van der Waals surface area contributed by atoms with Crippen molar-refractivity contribution in [2.75, 3.05) is 32.8 Å². The summed E-state index contributed by atoms with van der Waals surface area (Å²) in [6.07, 6.45) is 5.85. The number of rotatable bonds is 6.